The van der Waals surface area contributed by atoms with Crippen LogP contribution in [0.15, 0.2) is 48.0 Å². The summed E-state index contributed by atoms with van der Waals surface area (Å²) in [6, 6.07) is 11.1. The van der Waals surface area contributed by atoms with Gasteiger partial charge in [-0.15, -0.1) is 11.3 Å². The molecule has 3 aromatic rings. The van der Waals surface area contributed by atoms with Crippen LogP contribution >= 0.6 is 11.3 Å². The van der Waals surface area contributed by atoms with E-state index in [4.69, 9.17) is 0 Å². The monoisotopic (exact) mass is 301 g/mol. The van der Waals surface area contributed by atoms with E-state index in [9.17, 15) is 4.39 Å². The lowest BCUT2D eigenvalue weighted by Gasteiger charge is -2.08. The lowest BCUT2D eigenvalue weighted by molar-refractivity contribution is 0.619. The van der Waals surface area contributed by atoms with Gasteiger partial charge in [0.05, 0.1) is 5.69 Å². The molecule has 0 radical (unpaired) electrons. The van der Waals surface area contributed by atoms with Gasteiger partial charge in [0.2, 0.25) is 0 Å². The lowest BCUT2D eigenvalue weighted by Crippen LogP contribution is -2.15. The molecule has 0 aliphatic rings. The van der Waals surface area contributed by atoms with Crippen LogP contribution in [-0.4, -0.2) is 9.78 Å². The highest BCUT2D eigenvalue weighted by Gasteiger charge is 2.07. The number of nitrogens with zero attached hydrogens (tertiary/aromatic N) is 2. The summed E-state index contributed by atoms with van der Waals surface area (Å²) in [5, 5.41) is 9.45. The quantitative estimate of drug-likeness (QED) is 0.780. The van der Waals surface area contributed by atoms with Gasteiger partial charge >= 0.3 is 0 Å². The van der Waals surface area contributed by atoms with E-state index in [0.29, 0.717) is 12.1 Å². The van der Waals surface area contributed by atoms with Crippen LogP contribution in [0.1, 0.15) is 11.3 Å². The number of halogens is 1. The minimum Gasteiger partial charge on any atom is -0.307 e. The first-order chi connectivity index (χ1) is 10.2. The summed E-state index contributed by atoms with van der Waals surface area (Å²) in [7, 11) is 1.92. The molecule has 0 amide bonds. The number of hydrogen-bond donors (Lipinski definition) is 1. The molecular weight excluding hydrogens is 285 g/mol. The highest BCUT2D eigenvalue weighted by Crippen LogP contribution is 2.28. The third kappa shape index (κ3) is 3.20. The number of hydrogen-bond acceptors (Lipinski definition) is 3. The number of benzene rings is 1. The smallest absolute Gasteiger partial charge is 0.131 e. The lowest BCUT2D eigenvalue weighted by atomic mass is 10.1. The van der Waals surface area contributed by atoms with Gasteiger partial charge in [0.25, 0.3) is 0 Å². The van der Waals surface area contributed by atoms with Gasteiger partial charge in [-0.3, -0.25) is 4.68 Å². The van der Waals surface area contributed by atoms with E-state index >= 15 is 0 Å². The highest BCUT2D eigenvalue weighted by molar-refractivity contribution is 7.13. The Kier molecular flexibility index (Phi) is 4.13. The Hall–Kier alpha value is -1.98. The second-order valence-corrected chi connectivity index (χ2v) is 5.79. The molecule has 21 heavy (non-hydrogen) atoms. The van der Waals surface area contributed by atoms with Crippen molar-refractivity contribution in [1.82, 2.24) is 15.1 Å². The fourth-order valence-electron chi connectivity index (χ4n) is 2.21. The van der Waals surface area contributed by atoms with Crippen molar-refractivity contribution >= 4 is 11.3 Å². The van der Waals surface area contributed by atoms with Crippen molar-refractivity contribution in [3.63, 3.8) is 0 Å². The molecule has 2 heterocycles. The maximum atomic E-state index is 13.9. The van der Waals surface area contributed by atoms with Gasteiger partial charge in [-0.25, -0.2) is 4.39 Å². The topological polar surface area (TPSA) is 29.9 Å². The predicted molar refractivity (Wildman–Crippen MR) is 83.5 cm³/mol. The van der Waals surface area contributed by atoms with Gasteiger partial charge in [0.1, 0.15) is 5.82 Å². The first-order valence-corrected chi connectivity index (χ1v) is 7.62. The number of nitrogens with one attached hydrogen (secondary N) is 1. The molecule has 0 aliphatic carbocycles. The Morgan fingerprint density at radius 3 is 2.86 bits per heavy atom. The van der Waals surface area contributed by atoms with E-state index in [0.717, 1.165) is 22.7 Å². The molecule has 0 fully saturated rings. The van der Waals surface area contributed by atoms with Crippen LogP contribution < -0.4 is 5.32 Å². The Labute approximate surface area is 127 Å². The molecule has 0 bridgehead atoms. The maximum absolute atomic E-state index is 13.9. The minimum absolute atomic E-state index is 0.173. The van der Waals surface area contributed by atoms with Crippen LogP contribution in [0.3, 0.4) is 0 Å². The van der Waals surface area contributed by atoms with Crippen molar-refractivity contribution < 1.29 is 4.39 Å². The first kappa shape index (κ1) is 14.0. The van der Waals surface area contributed by atoms with Crippen molar-refractivity contribution in [2.45, 2.75) is 13.1 Å². The van der Waals surface area contributed by atoms with Gasteiger partial charge in [-0.05, 0) is 35.2 Å². The van der Waals surface area contributed by atoms with E-state index in [1.807, 2.05) is 47.4 Å². The van der Waals surface area contributed by atoms with E-state index in [1.54, 1.807) is 17.5 Å². The number of aryl methyl sites for hydroxylation is 1. The van der Waals surface area contributed by atoms with E-state index in [-0.39, 0.29) is 5.82 Å². The molecule has 0 saturated carbocycles. The molecular formula is C16H16FN3S. The average molecular weight is 301 g/mol. The molecule has 0 spiro atoms. The molecule has 3 rings (SSSR count). The molecule has 3 nitrogen and oxygen atoms in total. The zero-order chi connectivity index (χ0) is 14.7. The van der Waals surface area contributed by atoms with E-state index in [2.05, 4.69) is 10.4 Å². The molecule has 0 atom stereocenters. The van der Waals surface area contributed by atoms with Crippen LogP contribution in [0.25, 0.3) is 10.4 Å². The predicted octanol–water partition coefficient (Wildman–Crippen LogP) is 3.58. The Balaban J connectivity index is 1.69. The Morgan fingerprint density at radius 1 is 1.24 bits per heavy atom. The second kappa shape index (κ2) is 6.20. The summed E-state index contributed by atoms with van der Waals surface area (Å²) < 4.78 is 15.7. The fourth-order valence-corrected chi connectivity index (χ4v) is 2.96. The fraction of sp³-hybridized carbons (Fsp3) is 0.188. The number of rotatable bonds is 5. The van der Waals surface area contributed by atoms with Crippen LogP contribution in [0.5, 0.6) is 0 Å². The molecule has 108 valence electrons. The molecule has 2 aromatic heterocycles. The van der Waals surface area contributed by atoms with Crippen LogP contribution in [-0.2, 0) is 20.1 Å². The summed E-state index contributed by atoms with van der Waals surface area (Å²) in [5.74, 6) is -0.173. The molecule has 1 aromatic carbocycles. The van der Waals surface area contributed by atoms with Gasteiger partial charge in [-0.1, -0.05) is 12.1 Å². The Morgan fingerprint density at radius 2 is 2.14 bits per heavy atom. The minimum atomic E-state index is -0.173. The van der Waals surface area contributed by atoms with E-state index in [1.165, 1.54) is 6.07 Å². The molecule has 1 N–H and O–H groups in total. The average Bonchev–Trinajstić information content (AvgIpc) is 3.13. The van der Waals surface area contributed by atoms with E-state index < -0.39 is 0 Å². The SMILES string of the molecule is Cn1nccc1CNCc1ccc(F)c(-c2cccs2)c1. The van der Waals surface area contributed by atoms with Crippen molar-refractivity contribution in [1.29, 1.82) is 0 Å². The molecule has 0 saturated heterocycles. The van der Waals surface area contributed by atoms with Gasteiger partial charge in [0.15, 0.2) is 0 Å². The van der Waals surface area contributed by atoms with Gasteiger partial charge < -0.3 is 5.32 Å². The number of aromatic nitrogens is 2. The summed E-state index contributed by atoms with van der Waals surface area (Å²) in [6.45, 7) is 1.44. The third-order valence-corrected chi connectivity index (χ3v) is 4.28. The third-order valence-electron chi connectivity index (χ3n) is 3.38. The van der Waals surface area contributed by atoms with Crippen molar-refractivity contribution in [3.05, 3.63) is 65.0 Å². The van der Waals surface area contributed by atoms with Crippen LogP contribution in [0.4, 0.5) is 4.39 Å². The molecule has 5 heteroatoms. The Bertz CT molecular complexity index is 719. The highest BCUT2D eigenvalue weighted by atomic mass is 32.1. The summed E-state index contributed by atoms with van der Waals surface area (Å²) >= 11 is 1.55. The van der Waals surface area contributed by atoms with Gasteiger partial charge in [0, 0.05) is 36.8 Å². The standard InChI is InChI=1S/C16H16FN3S/c1-20-13(6-7-19-20)11-18-10-12-4-5-15(17)14(9-12)16-3-2-8-21-16/h2-9,18H,10-11H2,1H3. The van der Waals surface area contributed by atoms with Crippen molar-refractivity contribution in [2.24, 2.45) is 7.05 Å². The molecule has 0 unspecified atom stereocenters. The zero-order valence-corrected chi connectivity index (χ0v) is 12.5. The van der Waals surface area contributed by atoms with Crippen LogP contribution in [0, 0.1) is 5.82 Å². The van der Waals surface area contributed by atoms with Crippen molar-refractivity contribution in [2.75, 3.05) is 0 Å². The number of thiophene rings is 1. The normalized spacial score (nSPS) is 11.0. The van der Waals surface area contributed by atoms with Crippen LogP contribution in [0.2, 0.25) is 0 Å². The summed E-state index contributed by atoms with van der Waals surface area (Å²) in [5.41, 5.74) is 2.86. The second-order valence-electron chi connectivity index (χ2n) is 4.84. The van der Waals surface area contributed by atoms with Gasteiger partial charge in [-0.2, -0.15) is 5.10 Å². The summed E-state index contributed by atoms with van der Waals surface area (Å²) in [4.78, 5) is 0.959. The van der Waals surface area contributed by atoms with Crippen molar-refractivity contribution in [3.8, 4) is 10.4 Å². The largest absolute Gasteiger partial charge is 0.307 e. The maximum Gasteiger partial charge on any atom is 0.131 e. The summed E-state index contributed by atoms with van der Waals surface area (Å²) in [6.07, 6.45) is 1.78. The zero-order valence-electron chi connectivity index (χ0n) is 11.7. The molecule has 0 aliphatic heterocycles. The first-order valence-electron chi connectivity index (χ1n) is 6.74.